The molecule has 0 radical (unpaired) electrons. The van der Waals surface area contributed by atoms with Gasteiger partial charge in [-0.05, 0) is 12.2 Å². The Labute approximate surface area is 117 Å². The van der Waals surface area contributed by atoms with E-state index in [2.05, 4.69) is 41.3 Å². The van der Waals surface area contributed by atoms with Crippen molar-refractivity contribution in [2.24, 2.45) is 5.41 Å². The predicted octanol–water partition coefficient (Wildman–Crippen LogP) is 3.58. The maximum atomic E-state index is 7.37. The second-order valence-electron chi connectivity index (χ2n) is 4.83. The van der Waals surface area contributed by atoms with Crippen LogP contribution in [0.3, 0.4) is 0 Å². The topological polar surface area (TPSA) is 61.7 Å². The van der Waals surface area contributed by atoms with E-state index in [9.17, 15) is 0 Å². The van der Waals surface area contributed by atoms with Gasteiger partial charge in [0.25, 0.3) is 0 Å². The number of hydrogen-bond acceptors (Lipinski definition) is 4. The Morgan fingerprint density at radius 3 is 2.84 bits per heavy atom. The van der Waals surface area contributed by atoms with Crippen molar-refractivity contribution in [2.75, 3.05) is 5.32 Å². The Morgan fingerprint density at radius 1 is 1.32 bits per heavy atom. The molecule has 19 heavy (non-hydrogen) atoms. The van der Waals surface area contributed by atoms with Crippen molar-refractivity contribution >= 4 is 23.6 Å². The molecule has 0 aliphatic heterocycles. The summed E-state index contributed by atoms with van der Waals surface area (Å²) in [6, 6.07) is 0. The molecule has 0 aromatic carbocycles. The summed E-state index contributed by atoms with van der Waals surface area (Å²) < 4.78 is 0. The van der Waals surface area contributed by atoms with Gasteiger partial charge in [-0.1, -0.05) is 43.7 Å². The molecule has 0 saturated carbocycles. The normalized spacial score (nSPS) is 16.7. The van der Waals surface area contributed by atoms with Gasteiger partial charge in [-0.2, -0.15) is 0 Å². The fraction of sp³-hybridized carbons (Fsp3) is 0.214. The number of rotatable bonds is 3. The fourth-order valence-corrected chi connectivity index (χ4v) is 1.82. The van der Waals surface area contributed by atoms with Gasteiger partial charge in [-0.25, -0.2) is 9.97 Å². The molecule has 0 unspecified atom stereocenters. The third kappa shape index (κ3) is 3.29. The van der Waals surface area contributed by atoms with E-state index in [4.69, 9.17) is 17.0 Å². The summed E-state index contributed by atoms with van der Waals surface area (Å²) in [5.41, 5.74) is 1.39. The summed E-state index contributed by atoms with van der Waals surface area (Å²) in [6.45, 7) is 4.25. The Hall–Kier alpha value is -1.94. The number of allylic oxidation sites excluding steroid dienone is 5. The van der Waals surface area contributed by atoms with Crippen LogP contribution < -0.4 is 5.32 Å². The van der Waals surface area contributed by atoms with Crippen molar-refractivity contribution in [3.05, 3.63) is 53.1 Å². The van der Waals surface area contributed by atoms with E-state index in [0.717, 1.165) is 11.9 Å². The molecule has 1 aliphatic carbocycles. The van der Waals surface area contributed by atoms with Crippen LogP contribution in [0.15, 0.2) is 42.4 Å². The lowest BCUT2D eigenvalue weighted by Crippen LogP contribution is -2.05. The largest absolute Gasteiger partial charge is 0.340 e. The van der Waals surface area contributed by atoms with E-state index in [-0.39, 0.29) is 10.6 Å². The first-order chi connectivity index (χ1) is 9.02. The summed E-state index contributed by atoms with van der Waals surface area (Å²) in [5.74, 6) is 0.527. The molecule has 1 heterocycles. The number of halogens is 1. The van der Waals surface area contributed by atoms with E-state index in [0.29, 0.717) is 11.4 Å². The number of anilines is 1. The maximum absolute atomic E-state index is 7.37. The molecule has 1 aromatic rings. The first-order valence-corrected chi connectivity index (χ1v) is 6.26. The highest BCUT2D eigenvalue weighted by molar-refractivity contribution is 6.32. The van der Waals surface area contributed by atoms with Crippen LogP contribution in [-0.4, -0.2) is 16.2 Å². The molecule has 98 valence electrons. The Balaban J connectivity index is 2.28. The SMILES string of the molecule is CC1(C)C=CC=C(Nc2ncnc(Cl)c2C=N)C=C1. The number of nitrogens with one attached hydrogen (secondary N) is 2. The number of hydrogen-bond donors (Lipinski definition) is 2. The number of aromatic nitrogens is 2. The minimum atomic E-state index is 0.0215. The van der Waals surface area contributed by atoms with Crippen LogP contribution in [0.5, 0.6) is 0 Å². The highest BCUT2D eigenvalue weighted by Crippen LogP contribution is 2.24. The monoisotopic (exact) mass is 274 g/mol. The molecule has 2 N–H and O–H groups in total. The second kappa shape index (κ2) is 5.36. The first-order valence-electron chi connectivity index (χ1n) is 5.88. The molecule has 1 aliphatic rings. The van der Waals surface area contributed by atoms with Crippen LogP contribution >= 0.6 is 11.6 Å². The van der Waals surface area contributed by atoms with Gasteiger partial charge in [-0.3, -0.25) is 0 Å². The molecule has 0 spiro atoms. The minimum absolute atomic E-state index is 0.0215. The molecular weight excluding hydrogens is 260 g/mol. The van der Waals surface area contributed by atoms with Crippen molar-refractivity contribution < 1.29 is 0 Å². The lowest BCUT2D eigenvalue weighted by Gasteiger charge is -2.13. The summed E-state index contributed by atoms with van der Waals surface area (Å²) in [5, 5.41) is 10.8. The van der Waals surface area contributed by atoms with Crippen molar-refractivity contribution in [1.82, 2.24) is 9.97 Å². The first kappa shape index (κ1) is 13.5. The molecular formula is C14H15ClN4. The van der Waals surface area contributed by atoms with E-state index >= 15 is 0 Å². The van der Waals surface area contributed by atoms with Crippen LogP contribution in [0.4, 0.5) is 5.82 Å². The molecule has 0 saturated heterocycles. The maximum Gasteiger partial charge on any atom is 0.144 e. The minimum Gasteiger partial charge on any atom is -0.340 e. The predicted molar refractivity (Wildman–Crippen MR) is 78.7 cm³/mol. The zero-order valence-electron chi connectivity index (χ0n) is 10.8. The van der Waals surface area contributed by atoms with Gasteiger partial charge in [0, 0.05) is 17.3 Å². The van der Waals surface area contributed by atoms with Gasteiger partial charge in [0.05, 0.1) is 5.56 Å². The summed E-state index contributed by atoms with van der Waals surface area (Å²) in [7, 11) is 0. The molecule has 0 atom stereocenters. The van der Waals surface area contributed by atoms with Gasteiger partial charge in [-0.15, -0.1) is 0 Å². The second-order valence-corrected chi connectivity index (χ2v) is 5.19. The van der Waals surface area contributed by atoms with Gasteiger partial charge in [0.1, 0.15) is 17.3 Å². The van der Waals surface area contributed by atoms with Crippen LogP contribution in [0.1, 0.15) is 19.4 Å². The number of nitrogens with zero attached hydrogens (tertiary/aromatic N) is 2. The molecule has 4 nitrogen and oxygen atoms in total. The molecule has 0 fully saturated rings. The van der Waals surface area contributed by atoms with Gasteiger partial charge >= 0.3 is 0 Å². The molecule has 0 amide bonds. The highest BCUT2D eigenvalue weighted by atomic mass is 35.5. The van der Waals surface area contributed by atoms with E-state index in [1.165, 1.54) is 6.33 Å². The van der Waals surface area contributed by atoms with Crippen molar-refractivity contribution in [2.45, 2.75) is 13.8 Å². The lowest BCUT2D eigenvalue weighted by atomic mass is 9.93. The Morgan fingerprint density at radius 2 is 2.11 bits per heavy atom. The molecule has 0 bridgehead atoms. The van der Waals surface area contributed by atoms with Gasteiger partial charge in [0.2, 0.25) is 0 Å². The van der Waals surface area contributed by atoms with Crippen molar-refractivity contribution in [3.8, 4) is 0 Å². The van der Waals surface area contributed by atoms with E-state index in [1.807, 2.05) is 18.2 Å². The zero-order valence-corrected chi connectivity index (χ0v) is 11.6. The molecule has 2 rings (SSSR count). The average molecular weight is 275 g/mol. The van der Waals surface area contributed by atoms with Crippen LogP contribution in [0.25, 0.3) is 0 Å². The summed E-state index contributed by atoms with van der Waals surface area (Å²) >= 11 is 5.93. The van der Waals surface area contributed by atoms with Crippen molar-refractivity contribution in [3.63, 3.8) is 0 Å². The van der Waals surface area contributed by atoms with Gasteiger partial charge < -0.3 is 10.7 Å². The standard InChI is InChI=1S/C14H15ClN4/c1-14(2)6-3-4-10(5-7-14)19-13-11(8-16)12(15)17-9-18-13/h3-9,16H,1-2H3,(H,17,18,19). The third-order valence-electron chi connectivity index (χ3n) is 2.74. The Kier molecular flexibility index (Phi) is 3.81. The van der Waals surface area contributed by atoms with Crippen LogP contribution in [0, 0.1) is 10.8 Å². The molecule has 5 heteroatoms. The molecule has 1 aromatic heterocycles. The van der Waals surface area contributed by atoms with Crippen molar-refractivity contribution in [1.29, 1.82) is 5.41 Å². The van der Waals surface area contributed by atoms with Gasteiger partial charge in [0.15, 0.2) is 0 Å². The summed E-state index contributed by atoms with van der Waals surface area (Å²) in [4.78, 5) is 7.97. The quantitative estimate of drug-likeness (QED) is 0.654. The van der Waals surface area contributed by atoms with E-state index < -0.39 is 0 Å². The fourth-order valence-electron chi connectivity index (χ4n) is 1.64. The average Bonchev–Trinajstić information content (AvgIpc) is 2.51. The third-order valence-corrected chi connectivity index (χ3v) is 3.04. The smallest absolute Gasteiger partial charge is 0.144 e. The zero-order chi connectivity index (χ0) is 13.9. The lowest BCUT2D eigenvalue weighted by molar-refractivity contribution is 0.627. The van der Waals surface area contributed by atoms with Crippen LogP contribution in [-0.2, 0) is 0 Å². The highest BCUT2D eigenvalue weighted by Gasteiger charge is 2.12. The Bertz CT molecular complexity index is 585. The van der Waals surface area contributed by atoms with E-state index in [1.54, 1.807) is 0 Å². The summed E-state index contributed by atoms with van der Waals surface area (Å²) in [6.07, 6.45) is 12.7. The van der Waals surface area contributed by atoms with Crippen LogP contribution in [0.2, 0.25) is 5.15 Å².